The van der Waals surface area contributed by atoms with E-state index in [9.17, 15) is 4.79 Å². The molecule has 6 heteroatoms. The topological polar surface area (TPSA) is 71.8 Å². The number of hydrogen-bond acceptors (Lipinski definition) is 3. The number of hydrogen-bond donors (Lipinski definition) is 2. The Hall–Kier alpha value is -1.59. The number of carbonyl (C=O) groups is 1. The Morgan fingerprint density at radius 1 is 1.09 bits per heavy atom. The first kappa shape index (κ1) is 16.3. The molecule has 128 valence electrons. The van der Waals surface area contributed by atoms with Crippen molar-refractivity contribution in [2.75, 3.05) is 0 Å². The summed E-state index contributed by atoms with van der Waals surface area (Å²) in [5, 5.41) is 10.8. The largest absolute Gasteiger partial charge is 0.335 e. The second-order valence-corrected chi connectivity index (χ2v) is 6.82. The van der Waals surface area contributed by atoms with Crippen molar-refractivity contribution >= 4 is 6.03 Å². The summed E-state index contributed by atoms with van der Waals surface area (Å²) >= 11 is 0. The molecule has 6 nitrogen and oxygen atoms in total. The van der Waals surface area contributed by atoms with Crippen LogP contribution in [-0.2, 0) is 13.0 Å². The monoisotopic (exact) mass is 319 g/mol. The standard InChI is InChI=1S/C17H29N5O/c1-2-15-20-16-14(11-8-12-22(16)21-15)19-17(23)18-13-9-6-4-3-5-7-10-13/h13-14H,2-12H2,1H3,(H2,18,19,23). The van der Waals surface area contributed by atoms with E-state index in [2.05, 4.69) is 27.6 Å². The maximum absolute atomic E-state index is 12.4. The van der Waals surface area contributed by atoms with E-state index in [4.69, 9.17) is 0 Å². The second-order valence-electron chi connectivity index (χ2n) is 6.82. The van der Waals surface area contributed by atoms with Crippen molar-refractivity contribution in [3.05, 3.63) is 11.6 Å². The van der Waals surface area contributed by atoms with Crippen LogP contribution in [0.4, 0.5) is 4.79 Å². The zero-order valence-corrected chi connectivity index (χ0v) is 14.2. The average Bonchev–Trinajstić information content (AvgIpc) is 2.94. The second kappa shape index (κ2) is 7.79. The van der Waals surface area contributed by atoms with Gasteiger partial charge in [-0.2, -0.15) is 5.10 Å². The fourth-order valence-electron chi connectivity index (χ4n) is 3.67. The first-order valence-electron chi connectivity index (χ1n) is 9.27. The molecule has 0 spiro atoms. The molecule has 1 aliphatic heterocycles. The lowest BCUT2D eigenvalue weighted by molar-refractivity contribution is 0.226. The molecule has 1 aromatic heterocycles. The Labute approximate surface area is 138 Å². The molecule has 1 unspecified atom stereocenters. The van der Waals surface area contributed by atoms with Crippen LogP contribution >= 0.6 is 0 Å². The Kier molecular flexibility index (Phi) is 5.51. The third kappa shape index (κ3) is 4.24. The third-order valence-corrected chi connectivity index (χ3v) is 4.98. The lowest BCUT2D eigenvalue weighted by Crippen LogP contribution is -2.44. The van der Waals surface area contributed by atoms with Crippen LogP contribution in [-0.4, -0.2) is 26.8 Å². The molecule has 23 heavy (non-hydrogen) atoms. The molecular formula is C17H29N5O. The quantitative estimate of drug-likeness (QED) is 0.899. The van der Waals surface area contributed by atoms with Crippen molar-refractivity contribution in [1.29, 1.82) is 0 Å². The number of nitrogens with zero attached hydrogens (tertiary/aromatic N) is 3. The van der Waals surface area contributed by atoms with Crippen molar-refractivity contribution in [2.24, 2.45) is 0 Å². The van der Waals surface area contributed by atoms with Gasteiger partial charge in [0.1, 0.15) is 5.82 Å². The number of carbonyl (C=O) groups excluding carboxylic acids is 1. The number of fused-ring (bicyclic) bond motifs is 1. The molecule has 1 aliphatic carbocycles. The van der Waals surface area contributed by atoms with Crippen LogP contribution < -0.4 is 10.6 Å². The zero-order valence-electron chi connectivity index (χ0n) is 14.2. The zero-order chi connectivity index (χ0) is 16.1. The van der Waals surface area contributed by atoms with Crippen molar-refractivity contribution in [2.45, 2.75) is 89.8 Å². The molecule has 3 rings (SSSR count). The van der Waals surface area contributed by atoms with Gasteiger partial charge in [0.05, 0.1) is 6.04 Å². The number of rotatable bonds is 3. The van der Waals surface area contributed by atoms with Gasteiger partial charge < -0.3 is 10.6 Å². The molecule has 0 bridgehead atoms. The lowest BCUT2D eigenvalue weighted by Gasteiger charge is -2.26. The van der Waals surface area contributed by atoms with Gasteiger partial charge in [-0.3, -0.25) is 0 Å². The predicted molar refractivity (Wildman–Crippen MR) is 89.1 cm³/mol. The van der Waals surface area contributed by atoms with Gasteiger partial charge in [0.25, 0.3) is 0 Å². The Morgan fingerprint density at radius 3 is 2.57 bits per heavy atom. The summed E-state index contributed by atoms with van der Waals surface area (Å²) in [6, 6.07) is 0.267. The van der Waals surface area contributed by atoms with E-state index in [0.29, 0.717) is 6.04 Å². The summed E-state index contributed by atoms with van der Waals surface area (Å²) in [4.78, 5) is 17.0. The fraction of sp³-hybridized carbons (Fsp3) is 0.824. The van der Waals surface area contributed by atoms with E-state index in [0.717, 1.165) is 50.3 Å². The van der Waals surface area contributed by atoms with Crippen LogP contribution in [0.5, 0.6) is 0 Å². The summed E-state index contributed by atoms with van der Waals surface area (Å²) in [6.07, 6.45) is 11.4. The minimum Gasteiger partial charge on any atom is -0.335 e. The minimum atomic E-state index is -0.0462. The molecule has 2 amide bonds. The van der Waals surface area contributed by atoms with Crippen LogP contribution in [0.3, 0.4) is 0 Å². The molecule has 2 aliphatic rings. The van der Waals surface area contributed by atoms with Crippen LogP contribution in [0.2, 0.25) is 0 Å². The van der Waals surface area contributed by atoms with Crippen LogP contribution in [0.25, 0.3) is 0 Å². The van der Waals surface area contributed by atoms with Crippen molar-refractivity contribution < 1.29 is 4.79 Å². The maximum Gasteiger partial charge on any atom is 0.315 e. The number of nitrogens with one attached hydrogen (secondary N) is 2. The summed E-state index contributed by atoms with van der Waals surface area (Å²) in [7, 11) is 0. The summed E-state index contributed by atoms with van der Waals surface area (Å²) in [6.45, 7) is 2.97. The molecule has 1 fully saturated rings. The molecule has 0 radical (unpaired) electrons. The Balaban J connectivity index is 1.56. The van der Waals surface area contributed by atoms with Crippen molar-refractivity contribution in [3.63, 3.8) is 0 Å². The van der Waals surface area contributed by atoms with Gasteiger partial charge >= 0.3 is 6.03 Å². The van der Waals surface area contributed by atoms with Gasteiger partial charge in [-0.1, -0.05) is 39.0 Å². The summed E-state index contributed by atoms with van der Waals surface area (Å²) < 4.78 is 1.96. The van der Waals surface area contributed by atoms with Crippen LogP contribution in [0, 0.1) is 0 Å². The predicted octanol–water partition coefficient (Wildman–Crippen LogP) is 3.09. The smallest absolute Gasteiger partial charge is 0.315 e. The number of amides is 2. The maximum atomic E-state index is 12.4. The number of urea groups is 1. The van der Waals surface area contributed by atoms with Crippen LogP contribution in [0.15, 0.2) is 0 Å². The van der Waals surface area contributed by atoms with Gasteiger partial charge in [0.2, 0.25) is 0 Å². The first-order valence-corrected chi connectivity index (χ1v) is 9.27. The number of aryl methyl sites for hydroxylation is 2. The summed E-state index contributed by atoms with van der Waals surface area (Å²) in [5.74, 6) is 1.79. The molecule has 1 aromatic rings. The molecule has 2 heterocycles. The van der Waals surface area contributed by atoms with E-state index in [-0.39, 0.29) is 12.1 Å². The molecule has 0 saturated heterocycles. The van der Waals surface area contributed by atoms with E-state index < -0.39 is 0 Å². The molecule has 1 saturated carbocycles. The lowest BCUT2D eigenvalue weighted by atomic mass is 9.97. The normalized spacial score (nSPS) is 22.7. The fourth-order valence-corrected chi connectivity index (χ4v) is 3.67. The highest BCUT2D eigenvalue weighted by Crippen LogP contribution is 2.23. The van der Waals surface area contributed by atoms with Crippen molar-refractivity contribution in [3.8, 4) is 0 Å². The highest BCUT2D eigenvalue weighted by Gasteiger charge is 2.26. The van der Waals surface area contributed by atoms with Gasteiger partial charge in [0, 0.05) is 19.0 Å². The Bertz CT molecular complexity index is 519. The van der Waals surface area contributed by atoms with E-state index in [1.807, 2.05) is 4.68 Å². The van der Waals surface area contributed by atoms with E-state index >= 15 is 0 Å². The van der Waals surface area contributed by atoms with Gasteiger partial charge in [-0.15, -0.1) is 0 Å². The number of aromatic nitrogens is 3. The summed E-state index contributed by atoms with van der Waals surface area (Å²) in [5.41, 5.74) is 0. The molecule has 2 N–H and O–H groups in total. The Morgan fingerprint density at radius 2 is 1.83 bits per heavy atom. The minimum absolute atomic E-state index is 0.00916. The molecule has 1 atom stereocenters. The highest BCUT2D eigenvalue weighted by molar-refractivity contribution is 5.74. The van der Waals surface area contributed by atoms with E-state index in [1.165, 1.54) is 32.1 Å². The van der Waals surface area contributed by atoms with Crippen LogP contribution in [0.1, 0.15) is 82.4 Å². The molecule has 0 aromatic carbocycles. The van der Waals surface area contributed by atoms with Gasteiger partial charge in [-0.05, 0) is 25.7 Å². The van der Waals surface area contributed by atoms with Gasteiger partial charge in [-0.25, -0.2) is 14.5 Å². The first-order chi connectivity index (χ1) is 11.3. The van der Waals surface area contributed by atoms with E-state index in [1.54, 1.807) is 0 Å². The third-order valence-electron chi connectivity index (χ3n) is 4.98. The van der Waals surface area contributed by atoms with Gasteiger partial charge in [0.15, 0.2) is 5.82 Å². The van der Waals surface area contributed by atoms with Crippen molar-refractivity contribution in [1.82, 2.24) is 25.4 Å². The highest BCUT2D eigenvalue weighted by atomic mass is 16.2. The average molecular weight is 319 g/mol. The molecular weight excluding hydrogens is 290 g/mol. The SMILES string of the molecule is CCc1nc2n(n1)CCCC2NC(=O)NC1CCCCCCC1.